The van der Waals surface area contributed by atoms with E-state index in [0.717, 1.165) is 0 Å². The molecule has 6 heteroatoms. The predicted octanol–water partition coefficient (Wildman–Crippen LogP) is 0.842. The summed E-state index contributed by atoms with van der Waals surface area (Å²) >= 11 is 0. The summed E-state index contributed by atoms with van der Waals surface area (Å²) in [6, 6.07) is 1.76. The fraction of sp³-hybridized carbons (Fsp3) is 0.615. The van der Waals surface area contributed by atoms with Crippen LogP contribution in [0.1, 0.15) is 20.3 Å². The third kappa shape index (κ3) is 2.47. The zero-order valence-electron chi connectivity index (χ0n) is 11.2. The lowest BCUT2D eigenvalue weighted by Gasteiger charge is -2.28. The van der Waals surface area contributed by atoms with E-state index in [2.05, 4.69) is 5.10 Å². The van der Waals surface area contributed by atoms with Crippen LogP contribution in [0.3, 0.4) is 0 Å². The van der Waals surface area contributed by atoms with E-state index in [0.29, 0.717) is 19.5 Å². The highest BCUT2D eigenvalue weighted by atomic mass is 16.4. The molecule has 1 fully saturated rings. The molecule has 1 unspecified atom stereocenters. The van der Waals surface area contributed by atoms with Crippen molar-refractivity contribution in [3.05, 3.63) is 18.5 Å². The van der Waals surface area contributed by atoms with Crippen LogP contribution in [0.5, 0.6) is 0 Å². The van der Waals surface area contributed by atoms with Crippen LogP contribution < -0.4 is 0 Å². The van der Waals surface area contributed by atoms with Gasteiger partial charge in [-0.25, -0.2) is 0 Å². The van der Waals surface area contributed by atoms with Gasteiger partial charge in [-0.2, -0.15) is 5.10 Å². The zero-order valence-corrected chi connectivity index (χ0v) is 11.2. The second-order valence-corrected chi connectivity index (χ2v) is 5.38. The van der Waals surface area contributed by atoms with Crippen LogP contribution in [0.15, 0.2) is 18.5 Å². The lowest BCUT2D eigenvalue weighted by Crippen LogP contribution is -2.41. The molecule has 0 aromatic carbocycles. The predicted molar refractivity (Wildman–Crippen MR) is 68.3 cm³/mol. The number of aromatic nitrogens is 2. The van der Waals surface area contributed by atoms with Crippen molar-refractivity contribution in [2.75, 3.05) is 13.1 Å². The molecular weight excluding hydrogens is 246 g/mol. The molecule has 2 heterocycles. The first-order valence-corrected chi connectivity index (χ1v) is 6.44. The number of nitrogens with zero attached hydrogens (tertiary/aromatic N) is 3. The monoisotopic (exact) mass is 265 g/mol. The van der Waals surface area contributed by atoms with Crippen LogP contribution in [-0.2, 0) is 16.1 Å². The van der Waals surface area contributed by atoms with Crippen molar-refractivity contribution in [2.45, 2.75) is 26.8 Å². The van der Waals surface area contributed by atoms with Gasteiger partial charge in [0.2, 0.25) is 5.91 Å². The number of likely N-dealkylation sites (tertiary alicyclic amines) is 1. The van der Waals surface area contributed by atoms with Crippen LogP contribution in [0.4, 0.5) is 0 Å². The van der Waals surface area contributed by atoms with Crippen molar-refractivity contribution in [1.29, 1.82) is 0 Å². The molecule has 6 nitrogen and oxygen atoms in total. The average Bonchev–Trinajstić information content (AvgIpc) is 2.97. The van der Waals surface area contributed by atoms with Crippen molar-refractivity contribution in [2.24, 2.45) is 11.3 Å². The Morgan fingerprint density at radius 2 is 2.21 bits per heavy atom. The van der Waals surface area contributed by atoms with Crippen molar-refractivity contribution < 1.29 is 14.7 Å². The lowest BCUT2D eigenvalue weighted by atomic mass is 9.76. The van der Waals surface area contributed by atoms with Crippen LogP contribution in [0.25, 0.3) is 0 Å². The van der Waals surface area contributed by atoms with Gasteiger partial charge < -0.3 is 10.0 Å². The second kappa shape index (κ2) is 5.03. The van der Waals surface area contributed by atoms with Gasteiger partial charge >= 0.3 is 5.97 Å². The van der Waals surface area contributed by atoms with Crippen molar-refractivity contribution in [3.63, 3.8) is 0 Å². The molecule has 19 heavy (non-hydrogen) atoms. The number of carboxylic acid groups (broad SMARTS) is 1. The summed E-state index contributed by atoms with van der Waals surface area (Å²) in [5.74, 6) is -0.878. The summed E-state index contributed by atoms with van der Waals surface area (Å²) in [7, 11) is 0. The first-order valence-electron chi connectivity index (χ1n) is 6.44. The molecule has 104 valence electrons. The van der Waals surface area contributed by atoms with Gasteiger partial charge in [-0.3, -0.25) is 14.3 Å². The molecule has 1 aromatic heterocycles. The van der Waals surface area contributed by atoms with Gasteiger partial charge in [0, 0.05) is 25.5 Å². The Kier molecular flexibility index (Phi) is 3.59. The summed E-state index contributed by atoms with van der Waals surface area (Å²) in [4.78, 5) is 25.2. The van der Waals surface area contributed by atoms with Gasteiger partial charge in [0.25, 0.3) is 0 Å². The number of aliphatic carboxylic acids is 1. The molecule has 2 rings (SSSR count). The highest BCUT2D eigenvalue weighted by Gasteiger charge is 2.48. The number of amides is 1. The summed E-state index contributed by atoms with van der Waals surface area (Å²) < 4.78 is 1.55. The van der Waals surface area contributed by atoms with Gasteiger partial charge in [0.1, 0.15) is 6.54 Å². The highest BCUT2D eigenvalue weighted by molar-refractivity contribution is 5.80. The molecule has 0 radical (unpaired) electrons. The minimum Gasteiger partial charge on any atom is -0.481 e. The van der Waals surface area contributed by atoms with E-state index in [4.69, 9.17) is 0 Å². The van der Waals surface area contributed by atoms with E-state index < -0.39 is 11.4 Å². The number of carbonyl (C=O) groups excluding carboxylic acids is 1. The summed E-state index contributed by atoms with van der Waals surface area (Å²) in [5, 5.41) is 13.4. The Balaban J connectivity index is 2.05. The minimum absolute atomic E-state index is 0.00695. The third-order valence-electron chi connectivity index (χ3n) is 4.04. The van der Waals surface area contributed by atoms with E-state index in [1.54, 1.807) is 28.0 Å². The fourth-order valence-corrected chi connectivity index (χ4v) is 2.57. The van der Waals surface area contributed by atoms with Crippen LogP contribution in [0, 0.1) is 11.3 Å². The van der Waals surface area contributed by atoms with Gasteiger partial charge in [-0.15, -0.1) is 0 Å². The second-order valence-electron chi connectivity index (χ2n) is 5.38. The van der Waals surface area contributed by atoms with E-state index in [-0.39, 0.29) is 18.4 Å². The fourth-order valence-electron chi connectivity index (χ4n) is 2.57. The molecule has 0 spiro atoms. The Bertz CT molecular complexity index is 469. The first kappa shape index (κ1) is 13.6. The normalized spacial score (nSPS) is 23.0. The number of carboxylic acids is 1. The number of rotatable bonds is 4. The third-order valence-corrected chi connectivity index (χ3v) is 4.04. The topological polar surface area (TPSA) is 75.4 Å². The molecule has 1 aliphatic heterocycles. The van der Waals surface area contributed by atoms with Crippen LogP contribution in [0.2, 0.25) is 0 Å². The Hall–Kier alpha value is -1.85. The van der Waals surface area contributed by atoms with Crippen molar-refractivity contribution in [1.82, 2.24) is 14.7 Å². The van der Waals surface area contributed by atoms with Crippen LogP contribution in [-0.4, -0.2) is 44.8 Å². The van der Waals surface area contributed by atoms with Gasteiger partial charge in [-0.1, -0.05) is 13.8 Å². The maximum Gasteiger partial charge on any atom is 0.311 e. The number of hydrogen-bond donors (Lipinski definition) is 1. The van der Waals surface area contributed by atoms with E-state index in [9.17, 15) is 14.7 Å². The van der Waals surface area contributed by atoms with E-state index in [1.807, 2.05) is 13.8 Å². The molecule has 1 N–H and O–H groups in total. The molecule has 1 aliphatic rings. The SMILES string of the molecule is CC(C)C1(C(=O)O)CCN(C(=O)Cn2cccn2)C1. The molecule has 1 atom stereocenters. The summed E-state index contributed by atoms with van der Waals surface area (Å²) in [6.07, 6.45) is 3.86. The van der Waals surface area contributed by atoms with E-state index in [1.165, 1.54) is 0 Å². The van der Waals surface area contributed by atoms with Crippen LogP contribution >= 0.6 is 0 Å². The molecule has 0 saturated carbocycles. The summed E-state index contributed by atoms with van der Waals surface area (Å²) in [5.41, 5.74) is -0.806. The Labute approximate surface area is 112 Å². The van der Waals surface area contributed by atoms with Crippen molar-refractivity contribution in [3.8, 4) is 0 Å². The molecule has 0 bridgehead atoms. The van der Waals surface area contributed by atoms with Gasteiger partial charge in [0.05, 0.1) is 5.41 Å². The molecule has 1 saturated heterocycles. The van der Waals surface area contributed by atoms with Gasteiger partial charge in [0.15, 0.2) is 0 Å². The Morgan fingerprint density at radius 1 is 1.47 bits per heavy atom. The number of carbonyl (C=O) groups is 2. The lowest BCUT2D eigenvalue weighted by molar-refractivity contribution is -0.151. The molecule has 1 aromatic rings. The molecular formula is C13H19N3O3. The molecule has 0 aliphatic carbocycles. The smallest absolute Gasteiger partial charge is 0.311 e. The number of hydrogen-bond acceptors (Lipinski definition) is 3. The highest BCUT2D eigenvalue weighted by Crippen LogP contribution is 2.38. The van der Waals surface area contributed by atoms with Crippen molar-refractivity contribution >= 4 is 11.9 Å². The van der Waals surface area contributed by atoms with Gasteiger partial charge in [-0.05, 0) is 18.4 Å². The first-order chi connectivity index (χ1) is 8.95. The Morgan fingerprint density at radius 3 is 2.68 bits per heavy atom. The summed E-state index contributed by atoms with van der Waals surface area (Å²) in [6.45, 7) is 4.76. The molecule has 1 amide bonds. The van der Waals surface area contributed by atoms with E-state index >= 15 is 0 Å². The quantitative estimate of drug-likeness (QED) is 0.875. The average molecular weight is 265 g/mol. The minimum atomic E-state index is -0.808. The maximum atomic E-state index is 12.1. The zero-order chi connectivity index (χ0) is 14.0. The largest absolute Gasteiger partial charge is 0.481 e. The standard InChI is InChI=1S/C13H19N3O3/c1-10(2)13(12(18)19)4-7-15(9-13)11(17)8-16-6-3-5-14-16/h3,5-6,10H,4,7-9H2,1-2H3,(H,18,19). The maximum absolute atomic E-state index is 12.1.